The van der Waals surface area contributed by atoms with Crippen LogP contribution in [0.15, 0.2) is 41.3 Å². The molecule has 0 bridgehead atoms. The predicted octanol–water partition coefficient (Wildman–Crippen LogP) is 0.962. The summed E-state index contributed by atoms with van der Waals surface area (Å²) in [7, 11) is 0.251. The highest BCUT2D eigenvalue weighted by Crippen LogP contribution is 2.38. The third kappa shape index (κ3) is 6.83. The van der Waals surface area contributed by atoms with Gasteiger partial charge >= 0.3 is 5.97 Å². The Morgan fingerprint density at radius 1 is 1.00 bits per heavy atom. The molecule has 0 aliphatic rings. The third-order valence-corrected chi connectivity index (χ3v) is 5.58. The smallest absolute Gasteiger partial charge is 0.303 e. The minimum atomic E-state index is -3.91. The molecule has 0 heterocycles. The summed E-state index contributed by atoms with van der Waals surface area (Å²) in [6.07, 6.45) is -0.593. The molecule has 0 fully saturated rings. The molecule has 184 valence electrons. The van der Waals surface area contributed by atoms with Crippen LogP contribution in [0, 0.1) is 0 Å². The summed E-state index contributed by atoms with van der Waals surface area (Å²) in [5.74, 6) is -1.84. The van der Waals surface area contributed by atoms with E-state index >= 15 is 0 Å². The average molecular weight is 496 g/mol. The summed E-state index contributed by atoms with van der Waals surface area (Å²) in [5.41, 5.74) is 0.305. The molecule has 13 heteroatoms. The molecule has 0 aliphatic carbocycles. The molecule has 34 heavy (non-hydrogen) atoms. The van der Waals surface area contributed by atoms with E-state index in [2.05, 4.69) is 10.6 Å². The van der Waals surface area contributed by atoms with E-state index in [9.17, 15) is 22.8 Å². The van der Waals surface area contributed by atoms with Crippen LogP contribution in [0.5, 0.6) is 17.2 Å². The van der Waals surface area contributed by atoms with Crippen LogP contribution in [0.3, 0.4) is 0 Å². The molecule has 2 amide bonds. The van der Waals surface area contributed by atoms with Crippen molar-refractivity contribution in [2.24, 2.45) is 5.14 Å². The second kappa shape index (κ2) is 11.3. The van der Waals surface area contributed by atoms with Crippen LogP contribution in [0.25, 0.3) is 0 Å². The Bertz CT molecular complexity index is 1140. The number of anilines is 1. The largest absolute Gasteiger partial charge is 0.493 e. The lowest BCUT2D eigenvalue weighted by Crippen LogP contribution is -2.44. The lowest BCUT2D eigenvalue weighted by molar-refractivity contribution is -0.137. The van der Waals surface area contributed by atoms with Crippen LogP contribution in [0.4, 0.5) is 5.69 Å². The van der Waals surface area contributed by atoms with Crippen LogP contribution >= 0.6 is 0 Å². The van der Waals surface area contributed by atoms with Gasteiger partial charge in [0.1, 0.15) is 6.04 Å². The number of primary sulfonamides is 1. The van der Waals surface area contributed by atoms with Gasteiger partial charge in [0.05, 0.1) is 26.2 Å². The summed E-state index contributed by atoms with van der Waals surface area (Å²) < 4.78 is 38.4. The fourth-order valence-electron chi connectivity index (χ4n) is 2.95. The number of methoxy groups -OCH3 is 3. The molecule has 0 unspecified atom stereocenters. The van der Waals surface area contributed by atoms with Crippen molar-refractivity contribution in [3.05, 3.63) is 42.0 Å². The van der Waals surface area contributed by atoms with E-state index in [1.807, 2.05) is 0 Å². The zero-order valence-corrected chi connectivity index (χ0v) is 19.5. The maximum atomic E-state index is 12.9. The molecular weight excluding hydrogens is 470 g/mol. The number of nitrogens with two attached hydrogens (primary N) is 1. The van der Waals surface area contributed by atoms with Gasteiger partial charge in [0.2, 0.25) is 21.7 Å². The van der Waals surface area contributed by atoms with Gasteiger partial charge in [-0.15, -0.1) is 0 Å². The van der Waals surface area contributed by atoms with Gasteiger partial charge in [-0.3, -0.25) is 14.4 Å². The lowest BCUT2D eigenvalue weighted by Gasteiger charge is -2.19. The topological polar surface area (TPSA) is 183 Å². The van der Waals surface area contributed by atoms with E-state index in [1.165, 1.54) is 57.7 Å². The van der Waals surface area contributed by atoms with Crippen molar-refractivity contribution in [2.75, 3.05) is 26.6 Å². The molecule has 0 spiro atoms. The molecule has 2 aromatic rings. The number of benzene rings is 2. The number of hydrogen-bond acceptors (Lipinski definition) is 8. The Morgan fingerprint density at radius 2 is 1.56 bits per heavy atom. The minimum Gasteiger partial charge on any atom is -0.493 e. The fourth-order valence-corrected chi connectivity index (χ4v) is 3.46. The van der Waals surface area contributed by atoms with Gasteiger partial charge in [0.25, 0.3) is 5.91 Å². The monoisotopic (exact) mass is 495 g/mol. The predicted molar refractivity (Wildman–Crippen MR) is 121 cm³/mol. The van der Waals surface area contributed by atoms with E-state index in [0.29, 0.717) is 0 Å². The van der Waals surface area contributed by atoms with Gasteiger partial charge in [0, 0.05) is 17.7 Å². The molecule has 0 saturated heterocycles. The van der Waals surface area contributed by atoms with E-state index in [4.69, 9.17) is 24.5 Å². The Labute approximate surface area is 196 Å². The number of nitrogens with one attached hydrogen (secondary N) is 2. The Kier molecular flexibility index (Phi) is 8.81. The van der Waals surface area contributed by atoms with Gasteiger partial charge in [0.15, 0.2) is 11.5 Å². The number of sulfonamides is 1. The van der Waals surface area contributed by atoms with Gasteiger partial charge in [-0.25, -0.2) is 13.6 Å². The molecule has 5 N–H and O–H groups in total. The second-order valence-corrected chi connectivity index (χ2v) is 8.49. The van der Waals surface area contributed by atoms with E-state index < -0.39 is 40.3 Å². The number of carbonyl (C=O) groups is 3. The highest BCUT2D eigenvalue weighted by Gasteiger charge is 2.24. The van der Waals surface area contributed by atoms with Crippen molar-refractivity contribution < 1.29 is 42.1 Å². The number of carboxylic acid groups (broad SMARTS) is 1. The number of rotatable bonds is 11. The third-order valence-electron chi connectivity index (χ3n) is 4.65. The van der Waals surface area contributed by atoms with Gasteiger partial charge < -0.3 is 30.0 Å². The highest BCUT2D eigenvalue weighted by atomic mass is 32.2. The van der Waals surface area contributed by atoms with Gasteiger partial charge in [-0.05, 0) is 42.8 Å². The summed E-state index contributed by atoms with van der Waals surface area (Å²) in [6.45, 7) is 0. The zero-order chi connectivity index (χ0) is 25.5. The number of ether oxygens (including phenoxy) is 3. The Balaban J connectivity index is 2.26. The molecular formula is C21H25N3O9S. The maximum absolute atomic E-state index is 12.9. The molecule has 0 aliphatic heterocycles. The summed E-state index contributed by atoms with van der Waals surface area (Å²) >= 11 is 0. The molecule has 0 radical (unpaired) electrons. The van der Waals surface area contributed by atoms with Crippen molar-refractivity contribution in [1.82, 2.24) is 5.32 Å². The summed E-state index contributed by atoms with van der Waals surface area (Å²) in [5, 5.41) is 19.1. The van der Waals surface area contributed by atoms with Crippen molar-refractivity contribution in [1.29, 1.82) is 0 Å². The Hall–Kier alpha value is -3.84. The normalized spacial score (nSPS) is 11.8. The highest BCUT2D eigenvalue weighted by molar-refractivity contribution is 7.89. The number of carboxylic acids is 1. The van der Waals surface area contributed by atoms with Crippen molar-refractivity contribution >= 4 is 33.5 Å². The number of carbonyl (C=O) groups excluding carboxylic acids is 2. The zero-order valence-electron chi connectivity index (χ0n) is 18.7. The maximum Gasteiger partial charge on any atom is 0.303 e. The molecule has 12 nitrogen and oxygen atoms in total. The Morgan fingerprint density at radius 3 is 2.00 bits per heavy atom. The SMILES string of the molecule is COc1cc(C(=O)N[C@H](CCC(=O)O)C(=O)Nc2ccc(S(N)(=O)=O)cc2)cc(OC)c1OC. The summed E-state index contributed by atoms with van der Waals surface area (Å²) in [6, 6.07) is 6.57. The number of aliphatic carboxylic acids is 1. The number of amides is 2. The lowest BCUT2D eigenvalue weighted by atomic mass is 10.1. The fraction of sp³-hybridized carbons (Fsp3) is 0.286. The average Bonchev–Trinajstić information content (AvgIpc) is 2.79. The van der Waals surface area contributed by atoms with E-state index in [1.54, 1.807) is 0 Å². The van der Waals surface area contributed by atoms with Crippen LogP contribution < -0.4 is 30.0 Å². The molecule has 2 aromatic carbocycles. The minimum absolute atomic E-state index is 0.0835. The number of hydrogen-bond donors (Lipinski definition) is 4. The van der Waals surface area contributed by atoms with Crippen LogP contribution in [0.2, 0.25) is 0 Å². The summed E-state index contributed by atoms with van der Waals surface area (Å²) in [4.78, 5) is 36.6. The molecule has 0 saturated carbocycles. The first kappa shape index (κ1) is 26.4. The standard InChI is InChI=1S/C21H25N3O9S/c1-31-16-10-12(11-17(32-2)19(16)33-3)20(27)24-15(8-9-18(25)26)21(28)23-13-4-6-14(7-5-13)34(22,29)30/h4-7,10-11,15H,8-9H2,1-3H3,(H,23,28)(H,24,27)(H,25,26)(H2,22,29,30)/t15-/m1/s1. The first-order valence-electron chi connectivity index (χ1n) is 9.76. The van der Waals surface area contributed by atoms with Crippen molar-refractivity contribution in [2.45, 2.75) is 23.8 Å². The van der Waals surface area contributed by atoms with Crippen LogP contribution in [0.1, 0.15) is 23.2 Å². The first-order chi connectivity index (χ1) is 16.0. The van der Waals surface area contributed by atoms with E-state index in [0.717, 1.165) is 0 Å². The second-order valence-electron chi connectivity index (χ2n) is 6.93. The quantitative estimate of drug-likeness (QED) is 0.353. The van der Waals surface area contributed by atoms with Crippen molar-refractivity contribution in [3.63, 3.8) is 0 Å². The van der Waals surface area contributed by atoms with Gasteiger partial charge in [-0.2, -0.15) is 0 Å². The first-order valence-corrected chi connectivity index (χ1v) is 11.3. The van der Waals surface area contributed by atoms with E-state index in [-0.39, 0.29) is 39.8 Å². The van der Waals surface area contributed by atoms with Gasteiger partial charge in [-0.1, -0.05) is 0 Å². The molecule has 1 atom stereocenters. The van der Waals surface area contributed by atoms with Crippen LogP contribution in [-0.2, 0) is 19.6 Å². The van der Waals surface area contributed by atoms with Crippen LogP contribution in [-0.4, -0.2) is 58.7 Å². The van der Waals surface area contributed by atoms with Crippen molar-refractivity contribution in [3.8, 4) is 17.2 Å². The molecule has 2 rings (SSSR count). The molecule has 0 aromatic heterocycles.